The molecule has 0 radical (unpaired) electrons. The molecule has 0 amide bonds. The number of ether oxygens (including phenoxy) is 1. The van der Waals surface area contributed by atoms with Crippen molar-refractivity contribution in [2.24, 2.45) is 0 Å². The fourth-order valence-electron chi connectivity index (χ4n) is 2.09. The Morgan fingerprint density at radius 2 is 2.44 bits per heavy atom. The van der Waals surface area contributed by atoms with Crippen LogP contribution in [0.2, 0.25) is 5.15 Å². The lowest BCUT2D eigenvalue weighted by atomic mass is 10.3. The molecule has 1 aromatic heterocycles. The Morgan fingerprint density at radius 3 is 3.12 bits per heavy atom. The average molecular weight is 242 g/mol. The van der Waals surface area contributed by atoms with Crippen LogP contribution < -0.4 is 15.0 Å². The summed E-state index contributed by atoms with van der Waals surface area (Å²) in [6, 6.07) is 1.94. The number of hydrogen-bond acceptors (Lipinski definition) is 4. The number of anilines is 1. The van der Waals surface area contributed by atoms with Gasteiger partial charge in [-0.3, -0.25) is 0 Å². The van der Waals surface area contributed by atoms with Gasteiger partial charge in [0.25, 0.3) is 0 Å². The molecule has 1 aliphatic rings. The molecule has 0 aliphatic carbocycles. The van der Waals surface area contributed by atoms with Gasteiger partial charge in [-0.05, 0) is 19.9 Å². The van der Waals surface area contributed by atoms with Gasteiger partial charge < -0.3 is 15.0 Å². The predicted molar refractivity (Wildman–Crippen MR) is 65.2 cm³/mol. The fraction of sp³-hybridized carbons (Fsp3) is 0.545. The molecular formula is C11H16ClN3O. The molecule has 1 fully saturated rings. The molecule has 2 heterocycles. The maximum atomic E-state index is 5.90. The van der Waals surface area contributed by atoms with E-state index in [1.165, 1.54) is 6.42 Å². The highest BCUT2D eigenvalue weighted by Crippen LogP contribution is 2.30. The SMILES string of the molecule is CNC1CCCN1c1cnc(Cl)c(OC)c1. The van der Waals surface area contributed by atoms with Gasteiger partial charge in [-0.1, -0.05) is 11.6 Å². The third-order valence-corrected chi connectivity index (χ3v) is 3.21. The second-order valence-electron chi connectivity index (χ2n) is 3.83. The first-order valence-electron chi connectivity index (χ1n) is 5.39. The van der Waals surface area contributed by atoms with Crippen LogP contribution >= 0.6 is 11.6 Å². The lowest BCUT2D eigenvalue weighted by Gasteiger charge is -2.26. The Morgan fingerprint density at radius 1 is 1.62 bits per heavy atom. The van der Waals surface area contributed by atoms with E-state index in [0.717, 1.165) is 18.7 Å². The number of nitrogens with zero attached hydrogens (tertiary/aromatic N) is 2. The maximum absolute atomic E-state index is 5.90. The summed E-state index contributed by atoms with van der Waals surface area (Å²) in [5.41, 5.74) is 1.05. The third kappa shape index (κ3) is 2.08. The zero-order chi connectivity index (χ0) is 11.5. The zero-order valence-corrected chi connectivity index (χ0v) is 10.3. The van der Waals surface area contributed by atoms with E-state index in [0.29, 0.717) is 17.1 Å². The molecular weight excluding hydrogens is 226 g/mol. The summed E-state index contributed by atoms with van der Waals surface area (Å²) in [6.45, 7) is 1.04. The fourth-order valence-corrected chi connectivity index (χ4v) is 2.27. The summed E-state index contributed by atoms with van der Waals surface area (Å²) in [6.07, 6.45) is 4.52. The molecule has 1 N–H and O–H groups in total. The minimum Gasteiger partial charge on any atom is -0.493 e. The third-order valence-electron chi connectivity index (χ3n) is 2.93. The molecule has 88 valence electrons. The van der Waals surface area contributed by atoms with E-state index in [9.17, 15) is 0 Å². The molecule has 16 heavy (non-hydrogen) atoms. The van der Waals surface area contributed by atoms with Gasteiger partial charge in [0.2, 0.25) is 0 Å². The lowest BCUT2D eigenvalue weighted by molar-refractivity contribution is 0.413. The molecule has 0 bridgehead atoms. The Labute approximate surface area is 101 Å². The number of rotatable bonds is 3. The predicted octanol–water partition coefficient (Wildman–Crippen LogP) is 1.89. The van der Waals surface area contributed by atoms with Crippen molar-refractivity contribution in [2.75, 3.05) is 25.6 Å². The van der Waals surface area contributed by atoms with E-state index in [-0.39, 0.29) is 0 Å². The monoisotopic (exact) mass is 241 g/mol. The van der Waals surface area contributed by atoms with Crippen molar-refractivity contribution in [1.82, 2.24) is 10.3 Å². The summed E-state index contributed by atoms with van der Waals surface area (Å²) >= 11 is 5.90. The molecule has 1 saturated heterocycles. The number of halogens is 1. The standard InChI is InChI=1S/C11H16ClN3O/c1-13-10-4-3-5-15(10)8-6-9(16-2)11(12)14-7-8/h6-7,10,13H,3-5H2,1-2H3. The van der Waals surface area contributed by atoms with Gasteiger partial charge in [0.15, 0.2) is 10.9 Å². The Bertz CT molecular complexity index is 372. The van der Waals surface area contributed by atoms with Crippen molar-refractivity contribution < 1.29 is 4.74 Å². The van der Waals surface area contributed by atoms with Crippen LogP contribution in [0.1, 0.15) is 12.8 Å². The highest BCUT2D eigenvalue weighted by molar-refractivity contribution is 6.30. The van der Waals surface area contributed by atoms with Crippen molar-refractivity contribution in [3.63, 3.8) is 0 Å². The molecule has 1 aliphatic heterocycles. The number of nitrogens with one attached hydrogen (secondary N) is 1. The van der Waals surface area contributed by atoms with Gasteiger partial charge in [-0.15, -0.1) is 0 Å². The van der Waals surface area contributed by atoms with Crippen molar-refractivity contribution in [3.8, 4) is 5.75 Å². The molecule has 0 saturated carbocycles. The molecule has 5 heteroatoms. The van der Waals surface area contributed by atoms with Crippen LogP contribution in [-0.4, -0.2) is 31.9 Å². The van der Waals surface area contributed by atoms with Crippen molar-refractivity contribution in [2.45, 2.75) is 19.0 Å². The van der Waals surface area contributed by atoms with Crippen molar-refractivity contribution in [3.05, 3.63) is 17.4 Å². The molecule has 0 spiro atoms. The summed E-state index contributed by atoms with van der Waals surface area (Å²) < 4.78 is 5.17. The zero-order valence-electron chi connectivity index (χ0n) is 9.53. The van der Waals surface area contributed by atoms with E-state index < -0.39 is 0 Å². The average Bonchev–Trinajstić information content (AvgIpc) is 2.78. The van der Waals surface area contributed by atoms with E-state index in [1.54, 1.807) is 13.3 Å². The van der Waals surface area contributed by atoms with Crippen LogP contribution in [0.25, 0.3) is 0 Å². The van der Waals surface area contributed by atoms with Gasteiger partial charge >= 0.3 is 0 Å². The first-order valence-corrected chi connectivity index (χ1v) is 5.77. The number of hydrogen-bond donors (Lipinski definition) is 1. The molecule has 0 aromatic carbocycles. The highest BCUT2D eigenvalue weighted by Gasteiger charge is 2.23. The van der Waals surface area contributed by atoms with Crippen molar-refractivity contribution >= 4 is 17.3 Å². The van der Waals surface area contributed by atoms with Crippen LogP contribution in [0.3, 0.4) is 0 Å². The Kier molecular flexibility index (Phi) is 3.51. The Hall–Kier alpha value is -1.00. The first-order chi connectivity index (χ1) is 7.76. The molecule has 4 nitrogen and oxygen atoms in total. The normalized spacial score (nSPS) is 20.2. The number of methoxy groups -OCH3 is 1. The van der Waals surface area contributed by atoms with Crippen LogP contribution in [-0.2, 0) is 0 Å². The maximum Gasteiger partial charge on any atom is 0.171 e. The first kappa shape index (κ1) is 11.5. The minimum atomic E-state index is 0.382. The van der Waals surface area contributed by atoms with E-state index in [1.807, 2.05) is 13.1 Å². The molecule has 1 unspecified atom stereocenters. The van der Waals surface area contributed by atoms with Gasteiger partial charge in [0.05, 0.1) is 25.2 Å². The van der Waals surface area contributed by atoms with E-state index >= 15 is 0 Å². The topological polar surface area (TPSA) is 37.4 Å². The molecule has 2 rings (SSSR count). The van der Waals surface area contributed by atoms with E-state index in [4.69, 9.17) is 16.3 Å². The highest BCUT2D eigenvalue weighted by atomic mass is 35.5. The number of pyridine rings is 1. The summed E-state index contributed by atoms with van der Waals surface area (Å²) in [7, 11) is 3.58. The van der Waals surface area contributed by atoms with Crippen LogP contribution in [0, 0.1) is 0 Å². The molecule has 1 aromatic rings. The summed E-state index contributed by atoms with van der Waals surface area (Å²) in [4.78, 5) is 6.42. The van der Waals surface area contributed by atoms with Crippen LogP contribution in [0.5, 0.6) is 5.75 Å². The van der Waals surface area contributed by atoms with Gasteiger partial charge in [0, 0.05) is 12.6 Å². The lowest BCUT2D eigenvalue weighted by Crippen LogP contribution is -2.39. The largest absolute Gasteiger partial charge is 0.493 e. The quantitative estimate of drug-likeness (QED) is 0.821. The van der Waals surface area contributed by atoms with Crippen molar-refractivity contribution in [1.29, 1.82) is 0 Å². The number of aromatic nitrogens is 1. The van der Waals surface area contributed by atoms with Crippen LogP contribution in [0.4, 0.5) is 5.69 Å². The summed E-state index contributed by atoms with van der Waals surface area (Å²) in [5, 5.41) is 3.70. The second kappa shape index (κ2) is 4.89. The minimum absolute atomic E-state index is 0.382. The van der Waals surface area contributed by atoms with Crippen LogP contribution in [0.15, 0.2) is 12.3 Å². The van der Waals surface area contributed by atoms with Gasteiger partial charge in [-0.2, -0.15) is 0 Å². The second-order valence-corrected chi connectivity index (χ2v) is 4.18. The molecule has 1 atom stereocenters. The smallest absolute Gasteiger partial charge is 0.171 e. The van der Waals surface area contributed by atoms with E-state index in [2.05, 4.69) is 15.2 Å². The van der Waals surface area contributed by atoms with Gasteiger partial charge in [0.1, 0.15) is 0 Å². The van der Waals surface area contributed by atoms with Gasteiger partial charge in [-0.25, -0.2) is 4.98 Å². The summed E-state index contributed by atoms with van der Waals surface area (Å²) in [5.74, 6) is 0.626. The Balaban J connectivity index is 2.26.